The largest absolute Gasteiger partial charge is 0.397 e. The van der Waals surface area contributed by atoms with Crippen LogP contribution in [0, 0.1) is 0 Å². The van der Waals surface area contributed by atoms with Crippen LogP contribution >= 0.6 is 27.7 Å². The number of thioether (sulfide) groups is 1. The Kier molecular flexibility index (Phi) is 4.03. The maximum Gasteiger partial charge on any atom is 0.0601 e. The number of benzene rings is 1. The van der Waals surface area contributed by atoms with Gasteiger partial charge in [-0.15, -0.1) is 0 Å². The van der Waals surface area contributed by atoms with E-state index >= 15 is 0 Å². The van der Waals surface area contributed by atoms with Gasteiger partial charge in [0.25, 0.3) is 0 Å². The summed E-state index contributed by atoms with van der Waals surface area (Å²) in [6, 6.07) is 6.16. The highest BCUT2D eigenvalue weighted by molar-refractivity contribution is 9.10. The van der Waals surface area contributed by atoms with Crippen molar-refractivity contribution in [2.45, 2.75) is 18.6 Å². The molecular weight excluding hydrogens is 284 g/mol. The first-order valence-corrected chi connectivity index (χ1v) is 7.46. The topological polar surface area (TPSA) is 29.3 Å². The van der Waals surface area contributed by atoms with Crippen LogP contribution in [-0.4, -0.2) is 24.1 Å². The lowest BCUT2D eigenvalue weighted by Crippen LogP contribution is -2.37. The minimum absolute atomic E-state index is 0.747. The van der Waals surface area contributed by atoms with Crippen molar-refractivity contribution in [2.24, 2.45) is 0 Å². The minimum atomic E-state index is 0.747. The van der Waals surface area contributed by atoms with E-state index in [0.29, 0.717) is 0 Å². The predicted octanol–water partition coefficient (Wildman–Crippen LogP) is 3.36. The van der Waals surface area contributed by atoms with Crippen LogP contribution in [0.15, 0.2) is 22.7 Å². The molecule has 1 saturated heterocycles. The molecule has 0 spiro atoms. The number of nitrogen functional groups attached to an aromatic ring is 1. The molecule has 0 saturated carbocycles. The molecule has 0 aromatic heterocycles. The number of hydrogen-bond donors (Lipinski definition) is 1. The highest BCUT2D eigenvalue weighted by atomic mass is 79.9. The summed E-state index contributed by atoms with van der Waals surface area (Å²) in [6.07, 6.45) is 1.23. The van der Waals surface area contributed by atoms with E-state index in [1.165, 1.54) is 17.9 Å². The van der Waals surface area contributed by atoms with Crippen molar-refractivity contribution >= 4 is 39.1 Å². The summed E-state index contributed by atoms with van der Waals surface area (Å²) in [5.74, 6) is 1.20. The van der Waals surface area contributed by atoms with Gasteiger partial charge in [-0.25, -0.2) is 0 Å². The van der Waals surface area contributed by atoms with Crippen LogP contribution < -0.4 is 10.6 Å². The molecule has 1 atom stereocenters. The third-order valence-electron chi connectivity index (χ3n) is 2.92. The van der Waals surface area contributed by atoms with E-state index in [9.17, 15) is 0 Å². The molecule has 0 amide bonds. The minimum Gasteiger partial charge on any atom is -0.397 e. The molecule has 1 aromatic rings. The number of halogens is 1. The van der Waals surface area contributed by atoms with Crippen molar-refractivity contribution in [2.75, 3.05) is 29.5 Å². The summed E-state index contributed by atoms with van der Waals surface area (Å²) in [5.41, 5.74) is 8.11. The molecule has 2 rings (SSSR count). The summed E-state index contributed by atoms with van der Waals surface area (Å²) in [5, 5.41) is 0.747. The van der Waals surface area contributed by atoms with Gasteiger partial charge in [-0.2, -0.15) is 11.8 Å². The van der Waals surface area contributed by atoms with Gasteiger partial charge in [0.1, 0.15) is 0 Å². The van der Waals surface area contributed by atoms with Crippen LogP contribution in [0.2, 0.25) is 0 Å². The molecule has 1 aliphatic rings. The monoisotopic (exact) mass is 300 g/mol. The van der Waals surface area contributed by atoms with Crippen LogP contribution in [0.25, 0.3) is 0 Å². The average Bonchev–Trinajstić information content (AvgIpc) is 2.29. The Bertz CT molecular complexity index is 370. The molecule has 16 heavy (non-hydrogen) atoms. The van der Waals surface area contributed by atoms with E-state index in [1.807, 2.05) is 6.07 Å². The third kappa shape index (κ3) is 2.66. The molecule has 4 heteroatoms. The normalized spacial score (nSPS) is 21.1. The van der Waals surface area contributed by atoms with Crippen molar-refractivity contribution in [1.29, 1.82) is 0 Å². The standard InChI is InChI=1S/C12H17BrN2S/c1-2-10-8-15(5-6-16-10)12-4-3-9(13)7-11(12)14/h3-4,7,10H,2,5-6,8,14H2,1H3. The van der Waals surface area contributed by atoms with Crippen molar-refractivity contribution in [3.63, 3.8) is 0 Å². The third-order valence-corrected chi connectivity index (χ3v) is 4.79. The van der Waals surface area contributed by atoms with Crippen LogP contribution in [0.4, 0.5) is 11.4 Å². The lowest BCUT2D eigenvalue weighted by molar-refractivity contribution is 0.729. The zero-order valence-corrected chi connectivity index (χ0v) is 11.9. The van der Waals surface area contributed by atoms with Gasteiger partial charge in [0.2, 0.25) is 0 Å². The van der Waals surface area contributed by atoms with Gasteiger partial charge in [-0.1, -0.05) is 22.9 Å². The number of rotatable bonds is 2. The van der Waals surface area contributed by atoms with Gasteiger partial charge >= 0.3 is 0 Å². The van der Waals surface area contributed by atoms with E-state index in [0.717, 1.165) is 28.5 Å². The Morgan fingerprint density at radius 3 is 3.06 bits per heavy atom. The summed E-state index contributed by atoms with van der Waals surface area (Å²) in [4.78, 5) is 2.41. The predicted molar refractivity (Wildman–Crippen MR) is 77.3 cm³/mol. The maximum absolute atomic E-state index is 6.06. The summed E-state index contributed by atoms with van der Waals surface area (Å²) in [7, 11) is 0. The quantitative estimate of drug-likeness (QED) is 0.849. The SMILES string of the molecule is CCC1CN(c2ccc(Br)cc2N)CCS1. The molecule has 1 fully saturated rings. The van der Waals surface area contributed by atoms with Gasteiger partial charge in [-0.3, -0.25) is 0 Å². The van der Waals surface area contributed by atoms with Gasteiger partial charge < -0.3 is 10.6 Å². The average molecular weight is 301 g/mol. The Hall–Kier alpha value is -0.350. The van der Waals surface area contributed by atoms with E-state index in [4.69, 9.17) is 5.73 Å². The second-order valence-corrected chi connectivity index (χ2v) is 6.37. The Morgan fingerprint density at radius 1 is 1.56 bits per heavy atom. The molecule has 1 unspecified atom stereocenters. The first-order valence-electron chi connectivity index (χ1n) is 5.62. The van der Waals surface area contributed by atoms with Gasteiger partial charge in [0, 0.05) is 28.6 Å². The number of nitrogens with two attached hydrogens (primary N) is 1. The molecule has 0 bridgehead atoms. The molecule has 1 heterocycles. The van der Waals surface area contributed by atoms with Gasteiger partial charge in [0.15, 0.2) is 0 Å². The van der Waals surface area contributed by atoms with E-state index in [2.05, 4.69) is 51.6 Å². The lowest BCUT2D eigenvalue weighted by atomic mass is 10.2. The van der Waals surface area contributed by atoms with Crippen LogP contribution in [-0.2, 0) is 0 Å². The summed E-state index contributed by atoms with van der Waals surface area (Å²) in [6.45, 7) is 4.48. The first-order chi connectivity index (χ1) is 7.70. The first kappa shape index (κ1) is 12.1. The summed E-state index contributed by atoms with van der Waals surface area (Å²) >= 11 is 5.52. The fourth-order valence-corrected chi connectivity index (χ4v) is 3.56. The van der Waals surface area contributed by atoms with E-state index in [-0.39, 0.29) is 0 Å². The van der Waals surface area contributed by atoms with Gasteiger partial charge in [0.05, 0.1) is 11.4 Å². The lowest BCUT2D eigenvalue weighted by Gasteiger charge is -2.34. The molecule has 1 aliphatic heterocycles. The molecular formula is C12H17BrN2S. The molecule has 0 aliphatic carbocycles. The van der Waals surface area contributed by atoms with Crippen LogP contribution in [0.1, 0.15) is 13.3 Å². The van der Waals surface area contributed by atoms with Crippen molar-refractivity contribution in [3.05, 3.63) is 22.7 Å². The summed E-state index contributed by atoms with van der Waals surface area (Å²) < 4.78 is 1.05. The van der Waals surface area contributed by atoms with Crippen molar-refractivity contribution in [1.82, 2.24) is 0 Å². The molecule has 2 N–H and O–H groups in total. The van der Waals surface area contributed by atoms with E-state index < -0.39 is 0 Å². The van der Waals surface area contributed by atoms with Crippen molar-refractivity contribution in [3.8, 4) is 0 Å². The number of nitrogens with zero attached hydrogens (tertiary/aromatic N) is 1. The highest BCUT2D eigenvalue weighted by Crippen LogP contribution is 2.31. The molecule has 1 aromatic carbocycles. The molecule has 2 nitrogen and oxygen atoms in total. The fraction of sp³-hybridized carbons (Fsp3) is 0.500. The van der Waals surface area contributed by atoms with Gasteiger partial charge in [-0.05, 0) is 24.6 Å². The molecule has 0 radical (unpaired) electrons. The van der Waals surface area contributed by atoms with Crippen molar-refractivity contribution < 1.29 is 0 Å². The second-order valence-electron chi connectivity index (χ2n) is 4.05. The van der Waals surface area contributed by atoms with E-state index in [1.54, 1.807) is 0 Å². The number of hydrogen-bond acceptors (Lipinski definition) is 3. The van der Waals surface area contributed by atoms with Crippen LogP contribution in [0.3, 0.4) is 0 Å². The zero-order chi connectivity index (χ0) is 11.5. The number of anilines is 2. The Labute approximate surface area is 110 Å². The highest BCUT2D eigenvalue weighted by Gasteiger charge is 2.20. The Balaban J connectivity index is 2.16. The smallest absolute Gasteiger partial charge is 0.0601 e. The maximum atomic E-state index is 6.06. The Morgan fingerprint density at radius 2 is 2.38 bits per heavy atom. The molecule has 88 valence electrons. The fourth-order valence-electron chi connectivity index (χ4n) is 2.00. The van der Waals surface area contributed by atoms with Crippen LogP contribution in [0.5, 0.6) is 0 Å². The zero-order valence-electron chi connectivity index (χ0n) is 9.45. The second kappa shape index (κ2) is 5.32.